The highest BCUT2D eigenvalue weighted by Crippen LogP contribution is 2.59. The van der Waals surface area contributed by atoms with Crippen molar-refractivity contribution in [3.8, 4) is 5.75 Å². The molecular formula is C18H15N3O2. The summed E-state index contributed by atoms with van der Waals surface area (Å²) < 4.78 is 5.34. The van der Waals surface area contributed by atoms with Crippen LogP contribution >= 0.6 is 0 Å². The van der Waals surface area contributed by atoms with Crippen LogP contribution in [0.3, 0.4) is 0 Å². The number of carbonyl (C=O) groups excluding carboxylic acids is 1. The molecule has 2 aromatic carbocycles. The number of rotatable bonds is 2. The van der Waals surface area contributed by atoms with E-state index in [-0.39, 0.29) is 11.3 Å². The van der Waals surface area contributed by atoms with E-state index in [1.165, 1.54) is 0 Å². The average Bonchev–Trinajstić information content (AvgIpc) is 3.19. The minimum Gasteiger partial charge on any atom is -0.497 e. The predicted molar refractivity (Wildman–Crippen MR) is 87.1 cm³/mol. The number of fused-ring (bicyclic) bond motifs is 3. The van der Waals surface area contributed by atoms with Crippen molar-refractivity contribution in [2.45, 2.75) is 18.3 Å². The van der Waals surface area contributed by atoms with Gasteiger partial charge in [-0.1, -0.05) is 0 Å². The number of methoxy groups -OCH3 is 1. The Kier molecular flexibility index (Phi) is 2.28. The van der Waals surface area contributed by atoms with Crippen LogP contribution in [0.5, 0.6) is 5.75 Å². The Labute approximate surface area is 132 Å². The minimum atomic E-state index is -0.340. The van der Waals surface area contributed by atoms with Crippen LogP contribution in [-0.2, 0) is 10.2 Å². The molecule has 0 saturated heterocycles. The monoisotopic (exact) mass is 305 g/mol. The standard InChI is InChI=1S/C18H15N3O2/c1-23-13-4-5-16-14(9-13)18(6-7-18)17(22)21(16)12-3-2-11-10-19-20-15(11)8-12/h2-5,8-10H,6-7H2,1H3,(H,19,20). The molecule has 1 saturated carbocycles. The van der Waals surface area contributed by atoms with Crippen molar-refractivity contribution in [2.24, 2.45) is 0 Å². The second-order valence-electron chi connectivity index (χ2n) is 6.25. The molecule has 1 N–H and O–H groups in total. The van der Waals surface area contributed by atoms with E-state index in [0.717, 1.165) is 46.4 Å². The highest BCUT2D eigenvalue weighted by Gasteiger charge is 2.59. The molecule has 1 amide bonds. The van der Waals surface area contributed by atoms with Crippen molar-refractivity contribution in [2.75, 3.05) is 12.0 Å². The summed E-state index contributed by atoms with van der Waals surface area (Å²) in [7, 11) is 1.65. The first-order valence-corrected chi connectivity index (χ1v) is 7.69. The summed E-state index contributed by atoms with van der Waals surface area (Å²) in [6.45, 7) is 0. The molecule has 3 aromatic rings. The number of nitrogens with one attached hydrogen (secondary N) is 1. The van der Waals surface area contributed by atoms with Crippen LogP contribution in [0.2, 0.25) is 0 Å². The van der Waals surface area contributed by atoms with E-state index < -0.39 is 0 Å². The van der Waals surface area contributed by atoms with E-state index in [0.29, 0.717) is 0 Å². The molecule has 1 aromatic heterocycles. The maximum absolute atomic E-state index is 13.1. The Morgan fingerprint density at radius 2 is 2.09 bits per heavy atom. The fraction of sp³-hybridized carbons (Fsp3) is 0.222. The van der Waals surface area contributed by atoms with Crippen LogP contribution < -0.4 is 9.64 Å². The molecule has 23 heavy (non-hydrogen) atoms. The first-order valence-electron chi connectivity index (χ1n) is 7.69. The molecule has 5 heteroatoms. The van der Waals surface area contributed by atoms with Crippen molar-refractivity contribution in [3.05, 3.63) is 48.2 Å². The largest absolute Gasteiger partial charge is 0.497 e. The Morgan fingerprint density at radius 3 is 2.87 bits per heavy atom. The van der Waals surface area contributed by atoms with Crippen LogP contribution in [0.15, 0.2) is 42.6 Å². The van der Waals surface area contributed by atoms with Crippen molar-refractivity contribution in [3.63, 3.8) is 0 Å². The second kappa shape index (κ2) is 4.13. The van der Waals surface area contributed by atoms with Crippen molar-refractivity contribution >= 4 is 28.2 Å². The molecule has 0 radical (unpaired) electrons. The molecule has 114 valence electrons. The van der Waals surface area contributed by atoms with E-state index >= 15 is 0 Å². The molecule has 5 nitrogen and oxygen atoms in total. The molecule has 0 atom stereocenters. The summed E-state index contributed by atoms with van der Waals surface area (Å²) in [6, 6.07) is 11.9. The zero-order valence-electron chi connectivity index (χ0n) is 12.7. The van der Waals surface area contributed by atoms with Gasteiger partial charge in [0.25, 0.3) is 0 Å². The third-order valence-electron chi connectivity index (χ3n) is 5.01. The van der Waals surface area contributed by atoms with E-state index in [1.807, 2.05) is 41.3 Å². The van der Waals surface area contributed by atoms with Gasteiger partial charge in [-0.15, -0.1) is 0 Å². The normalized spacial score (nSPS) is 17.8. The van der Waals surface area contributed by atoms with Crippen LogP contribution in [0.25, 0.3) is 10.9 Å². The summed E-state index contributed by atoms with van der Waals surface area (Å²) >= 11 is 0. The zero-order valence-corrected chi connectivity index (χ0v) is 12.7. The smallest absolute Gasteiger partial charge is 0.242 e. The van der Waals surface area contributed by atoms with Crippen molar-refractivity contribution < 1.29 is 9.53 Å². The lowest BCUT2D eigenvalue weighted by molar-refractivity contribution is -0.119. The molecule has 1 aliphatic heterocycles. The highest BCUT2D eigenvalue weighted by molar-refractivity contribution is 6.15. The minimum absolute atomic E-state index is 0.166. The summed E-state index contributed by atoms with van der Waals surface area (Å²) in [5.74, 6) is 0.966. The Morgan fingerprint density at radius 1 is 1.22 bits per heavy atom. The molecule has 0 bridgehead atoms. The molecule has 1 fully saturated rings. The van der Waals surface area contributed by atoms with Gasteiger partial charge < -0.3 is 4.74 Å². The summed E-state index contributed by atoms with van der Waals surface area (Å²) in [5, 5.41) is 8.06. The quantitative estimate of drug-likeness (QED) is 0.790. The van der Waals surface area contributed by atoms with Crippen LogP contribution in [0.1, 0.15) is 18.4 Å². The van der Waals surface area contributed by atoms with Gasteiger partial charge in [-0.3, -0.25) is 14.8 Å². The summed E-state index contributed by atoms with van der Waals surface area (Å²) in [6.07, 6.45) is 3.61. The predicted octanol–water partition coefficient (Wildman–Crippen LogP) is 3.28. The molecular weight excluding hydrogens is 290 g/mol. The topological polar surface area (TPSA) is 58.2 Å². The van der Waals surface area contributed by atoms with Crippen LogP contribution in [-0.4, -0.2) is 23.2 Å². The van der Waals surface area contributed by atoms with Gasteiger partial charge in [0, 0.05) is 5.39 Å². The zero-order chi connectivity index (χ0) is 15.6. The molecule has 2 heterocycles. The third-order valence-corrected chi connectivity index (χ3v) is 5.01. The van der Waals surface area contributed by atoms with Gasteiger partial charge in [0.1, 0.15) is 5.75 Å². The number of anilines is 2. The Bertz CT molecular complexity index is 956. The van der Waals surface area contributed by atoms with Gasteiger partial charge >= 0.3 is 0 Å². The van der Waals surface area contributed by atoms with Gasteiger partial charge in [0.05, 0.1) is 35.6 Å². The van der Waals surface area contributed by atoms with E-state index in [4.69, 9.17) is 4.74 Å². The van der Waals surface area contributed by atoms with Crippen molar-refractivity contribution in [1.29, 1.82) is 0 Å². The van der Waals surface area contributed by atoms with Crippen LogP contribution in [0, 0.1) is 0 Å². The number of hydrogen-bond acceptors (Lipinski definition) is 3. The Balaban J connectivity index is 1.70. The maximum atomic E-state index is 13.1. The summed E-state index contributed by atoms with van der Waals surface area (Å²) in [5.41, 5.74) is 3.52. The fourth-order valence-corrected chi connectivity index (χ4v) is 3.59. The van der Waals surface area contributed by atoms with E-state index in [1.54, 1.807) is 13.3 Å². The number of H-pyrrole nitrogens is 1. The fourth-order valence-electron chi connectivity index (χ4n) is 3.59. The molecule has 5 rings (SSSR count). The van der Waals surface area contributed by atoms with Gasteiger partial charge in [0.2, 0.25) is 5.91 Å². The number of nitrogens with zero attached hydrogens (tertiary/aromatic N) is 2. The van der Waals surface area contributed by atoms with Gasteiger partial charge in [-0.25, -0.2) is 0 Å². The number of ether oxygens (including phenoxy) is 1. The number of aromatic amines is 1. The molecule has 0 unspecified atom stereocenters. The maximum Gasteiger partial charge on any atom is 0.242 e. The highest BCUT2D eigenvalue weighted by atomic mass is 16.5. The summed E-state index contributed by atoms with van der Waals surface area (Å²) in [4.78, 5) is 14.9. The third kappa shape index (κ3) is 1.56. The van der Waals surface area contributed by atoms with E-state index in [9.17, 15) is 4.79 Å². The number of aromatic nitrogens is 2. The van der Waals surface area contributed by atoms with E-state index in [2.05, 4.69) is 10.2 Å². The second-order valence-corrected chi connectivity index (χ2v) is 6.25. The Hall–Kier alpha value is -2.82. The lowest BCUT2D eigenvalue weighted by Gasteiger charge is -2.18. The van der Waals surface area contributed by atoms with Crippen LogP contribution in [0.4, 0.5) is 11.4 Å². The average molecular weight is 305 g/mol. The SMILES string of the molecule is COc1ccc2c(c1)C1(CC1)C(=O)N2c1ccc2cn[nH]c2c1. The van der Waals surface area contributed by atoms with Gasteiger partial charge in [0.15, 0.2) is 0 Å². The lowest BCUT2D eigenvalue weighted by atomic mass is 9.98. The number of hydrogen-bond donors (Lipinski definition) is 1. The first-order chi connectivity index (χ1) is 11.2. The molecule has 2 aliphatic rings. The molecule has 1 aliphatic carbocycles. The number of carbonyl (C=O) groups is 1. The number of benzene rings is 2. The van der Waals surface area contributed by atoms with Gasteiger partial charge in [-0.05, 0) is 54.8 Å². The lowest BCUT2D eigenvalue weighted by Crippen LogP contribution is -2.27. The number of amides is 1. The van der Waals surface area contributed by atoms with Gasteiger partial charge in [-0.2, -0.15) is 5.10 Å². The van der Waals surface area contributed by atoms with Crippen molar-refractivity contribution in [1.82, 2.24) is 10.2 Å². The molecule has 1 spiro atoms. The first kappa shape index (κ1) is 12.7.